The number of halogens is 2. The summed E-state index contributed by atoms with van der Waals surface area (Å²) < 4.78 is 28.4. The highest BCUT2D eigenvalue weighted by Gasteiger charge is 2.25. The van der Waals surface area contributed by atoms with E-state index in [1.165, 1.54) is 4.68 Å². The fourth-order valence-corrected chi connectivity index (χ4v) is 2.44. The molecular weight excluding hydrogens is 272 g/mol. The van der Waals surface area contributed by atoms with Gasteiger partial charge in [-0.2, -0.15) is 5.10 Å². The number of benzene rings is 1. The molecule has 5 heteroatoms. The van der Waals surface area contributed by atoms with E-state index in [1.807, 2.05) is 32.0 Å². The highest BCUT2D eigenvalue weighted by Crippen LogP contribution is 2.28. The summed E-state index contributed by atoms with van der Waals surface area (Å²) in [6.45, 7) is 4.31. The molecule has 2 aromatic rings. The van der Waals surface area contributed by atoms with Gasteiger partial charge in [0.2, 0.25) is 0 Å². The molecular formula is C16H19F2N3. The molecule has 0 bridgehead atoms. The maximum Gasteiger partial charge on any atom is 0.280 e. The number of hydrogen-bond acceptors (Lipinski definition) is 2. The Morgan fingerprint density at radius 3 is 2.76 bits per heavy atom. The third-order valence-electron chi connectivity index (χ3n) is 3.84. The molecule has 1 aromatic heterocycles. The Bertz CT molecular complexity index is 645. The first-order valence-corrected chi connectivity index (χ1v) is 7.22. The van der Waals surface area contributed by atoms with Crippen LogP contribution in [0.25, 0.3) is 5.69 Å². The SMILES string of the molecule is Cc1ccc(C)c(-n2ncc(CNC3CC3)c2C(F)F)c1. The van der Waals surface area contributed by atoms with Crippen molar-refractivity contribution in [3.63, 3.8) is 0 Å². The lowest BCUT2D eigenvalue weighted by Gasteiger charge is -2.12. The molecule has 0 spiro atoms. The summed E-state index contributed by atoms with van der Waals surface area (Å²) in [4.78, 5) is 0. The summed E-state index contributed by atoms with van der Waals surface area (Å²) in [6.07, 6.45) is 1.28. The Hall–Kier alpha value is -1.75. The lowest BCUT2D eigenvalue weighted by Crippen LogP contribution is -2.16. The number of hydrogen-bond donors (Lipinski definition) is 1. The minimum Gasteiger partial charge on any atom is -0.310 e. The van der Waals surface area contributed by atoms with Crippen molar-refractivity contribution in [3.05, 3.63) is 46.8 Å². The van der Waals surface area contributed by atoms with Gasteiger partial charge in [0, 0.05) is 18.2 Å². The normalized spacial score (nSPS) is 14.9. The van der Waals surface area contributed by atoms with Gasteiger partial charge in [-0.25, -0.2) is 13.5 Å². The van der Waals surface area contributed by atoms with Gasteiger partial charge in [-0.1, -0.05) is 12.1 Å². The summed E-state index contributed by atoms with van der Waals surface area (Å²) in [7, 11) is 0. The van der Waals surface area contributed by atoms with Crippen LogP contribution in [-0.4, -0.2) is 15.8 Å². The molecule has 3 rings (SSSR count). The Balaban J connectivity index is 1.98. The third-order valence-corrected chi connectivity index (χ3v) is 3.84. The van der Waals surface area contributed by atoms with Crippen LogP contribution in [0.2, 0.25) is 0 Å². The first-order valence-electron chi connectivity index (χ1n) is 7.22. The Kier molecular flexibility index (Phi) is 3.76. The monoisotopic (exact) mass is 291 g/mol. The topological polar surface area (TPSA) is 29.9 Å². The molecule has 1 aliphatic carbocycles. The van der Waals surface area contributed by atoms with Crippen molar-refractivity contribution >= 4 is 0 Å². The number of aromatic nitrogens is 2. The molecule has 1 saturated carbocycles. The van der Waals surface area contributed by atoms with Crippen molar-refractivity contribution in [2.45, 2.75) is 45.7 Å². The molecule has 1 N–H and O–H groups in total. The van der Waals surface area contributed by atoms with Gasteiger partial charge in [0.05, 0.1) is 11.9 Å². The molecule has 0 atom stereocenters. The fourth-order valence-electron chi connectivity index (χ4n) is 2.44. The molecule has 112 valence electrons. The van der Waals surface area contributed by atoms with Gasteiger partial charge in [-0.05, 0) is 43.9 Å². The van der Waals surface area contributed by atoms with Crippen LogP contribution < -0.4 is 5.32 Å². The largest absolute Gasteiger partial charge is 0.310 e. The molecule has 3 nitrogen and oxygen atoms in total. The summed E-state index contributed by atoms with van der Waals surface area (Å²) in [5.41, 5.74) is 3.27. The van der Waals surface area contributed by atoms with Crippen molar-refractivity contribution in [1.82, 2.24) is 15.1 Å². The van der Waals surface area contributed by atoms with E-state index in [1.54, 1.807) is 6.20 Å². The van der Waals surface area contributed by atoms with Crippen molar-refractivity contribution in [1.29, 1.82) is 0 Å². The number of nitrogens with zero attached hydrogens (tertiary/aromatic N) is 2. The molecule has 0 unspecified atom stereocenters. The molecule has 1 aliphatic rings. The van der Waals surface area contributed by atoms with Gasteiger partial charge in [-0.3, -0.25) is 0 Å². The zero-order valence-corrected chi connectivity index (χ0v) is 12.2. The summed E-state index contributed by atoms with van der Waals surface area (Å²) in [6, 6.07) is 6.29. The Morgan fingerprint density at radius 1 is 1.33 bits per heavy atom. The molecule has 1 fully saturated rings. The first-order chi connectivity index (χ1) is 10.1. The molecule has 0 amide bonds. The lowest BCUT2D eigenvalue weighted by atomic mass is 10.1. The maximum atomic E-state index is 13.5. The standard InChI is InChI=1S/C16H19F2N3/c1-10-3-4-11(2)14(7-10)21-15(16(17)18)12(9-20-21)8-19-13-5-6-13/h3-4,7,9,13,16,19H,5-6,8H2,1-2H3. The van der Waals surface area contributed by atoms with Crippen LogP contribution in [0.15, 0.2) is 24.4 Å². The van der Waals surface area contributed by atoms with E-state index in [9.17, 15) is 8.78 Å². The van der Waals surface area contributed by atoms with Crippen molar-refractivity contribution in [2.75, 3.05) is 0 Å². The number of aryl methyl sites for hydroxylation is 2. The zero-order valence-electron chi connectivity index (χ0n) is 12.2. The van der Waals surface area contributed by atoms with E-state index in [-0.39, 0.29) is 5.69 Å². The van der Waals surface area contributed by atoms with Crippen LogP contribution >= 0.6 is 0 Å². The molecule has 0 radical (unpaired) electrons. The highest BCUT2D eigenvalue weighted by molar-refractivity contribution is 5.44. The Labute approximate surface area is 123 Å². The molecule has 21 heavy (non-hydrogen) atoms. The van der Waals surface area contributed by atoms with Crippen LogP contribution in [0.4, 0.5) is 8.78 Å². The molecule has 0 aliphatic heterocycles. The van der Waals surface area contributed by atoms with E-state index in [2.05, 4.69) is 10.4 Å². The van der Waals surface area contributed by atoms with Crippen LogP contribution in [0.1, 0.15) is 41.7 Å². The van der Waals surface area contributed by atoms with Crippen LogP contribution in [-0.2, 0) is 6.54 Å². The van der Waals surface area contributed by atoms with E-state index >= 15 is 0 Å². The number of nitrogens with one attached hydrogen (secondary N) is 1. The smallest absolute Gasteiger partial charge is 0.280 e. The predicted octanol–water partition coefficient (Wildman–Crippen LogP) is 3.68. The molecule has 0 saturated heterocycles. The first kappa shape index (κ1) is 14.2. The summed E-state index contributed by atoms with van der Waals surface area (Å²) >= 11 is 0. The van der Waals surface area contributed by atoms with E-state index < -0.39 is 6.43 Å². The summed E-state index contributed by atoms with van der Waals surface area (Å²) in [5, 5.41) is 7.48. The number of alkyl halides is 2. The Morgan fingerprint density at radius 2 is 2.10 bits per heavy atom. The van der Waals surface area contributed by atoms with E-state index in [0.29, 0.717) is 18.2 Å². The zero-order chi connectivity index (χ0) is 15.0. The third kappa shape index (κ3) is 2.97. The lowest BCUT2D eigenvalue weighted by molar-refractivity contribution is 0.141. The van der Waals surface area contributed by atoms with Crippen LogP contribution in [0.3, 0.4) is 0 Å². The van der Waals surface area contributed by atoms with Crippen LogP contribution in [0.5, 0.6) is 0 Å². The average molecular weight is 291 g/mol. The second-order valence-electron chi connectivity index (χ2n) is 5.71. The van der Waals surface area contributed by atoms with Crippen LogP contribution in [0, 0.1) is 13.8 Å². The second kappa shape index (κ2) is 5.56. The van der Waals surface area contributed by atoms with Gasteiger partial charge in [0.25, 0.3) is 6.43 Å². The average Bonchev–Trinajstić information content (AvgIpc) is 3.17. The summed E-state index contributed by atoms with van der Waals surface area (Å²) in [5.74, 6) is 0. The van der Waals surface area contributed by atoms with Crippen molar-refractivity contribution in [2.24, 2.45) is 0 Å². The van der Waals surface area contributed by atoms with Gasteiger partial charge < -0.3 is 5.32 Å². The predicted molar refractivity (Wildman–Crippen MR) is 77.9 cm³/mol. The second-order valence-corrected chi connectivity index (χ2v) is 5.71. The van der Waals surface area contributed by atoms with Gasteiger partial charge >= 0.3 is 0 Å². The van der Waals surface area contributed by atoms with Crippen molar-refractivity contribution in [3.8, 4) is 5.69 Å². The van der Waals surface area contributed by atoms with Gasteiger partial charge in [0.1, 0.15) is 5.69 Å². The van der Waals surface area contributed by atoms with Gasteiger partial charge in [0.15, 0.2) is 0 Å². The van der Waals surface area contributed by atoms with E-state index in [0.717, 1.165) is 29.7 Å². The van der Waals surface area contributed by atoms with Gasteiger partial charge in [-0.15, -0.1) is 0 Å². The minimum atomic E-state index is -2.54. The highest BCUT2D eigenvalue weighted by atomic mass is 19.3. The quantitative estimate of drug-likeness (QED) is 0.910. The fraction of sp³-hybridized carbons (Fsp3) is 0.438. The van der Waals surface area contributed by atoms with E-state index in [4.69, 9.17) is 0 Å². The number of rotatable bonds is 5. The minimum absolute atomic E-state index is 0.00292. The molecule has 1 aromatic carbocycles. The maximum absolute atomic E-state index is 13.5. The molecule has 1 heterocycles. The van der Waals surface area contributed by atoms with Crippen molar-refractivity contribution < 1.29 is 8.78 Å².